The van der Waals surface area contributed by atoms with Crippen LogP contribution in [-0.2, 0) is 44.3 Å². The lowest BCUT2D eigenvalue weighted by Crippen LogP contribution is -2.15. The van der Waals surface area contributed by atoms with Gasteiger partial charge in [0.1, 0.15) is 12.4 Å². The highest BCUT2D eigenvalue weighted by Gasteiger charge is 1.97. The SMILES string of the molecule is NCCc1ccc(OCCOCCOCCOCCOCCOCCOCCOCCOCCO)cc1. The summed E-state index contributed by atoms with van der Waals surface area (Å²) < 4.78 is 48.7. The molecule has 11 nitrogen and oxygen atoms in total. The van der Waals surface area contributed by atoms with Crippen molar-refractivity contribution in [3.05, 3.63) is 29.8 Å². The molecule has 0 aromatic heterocycles. The largest absolute Gasteiger partial charge is 0.491 e. The molecule has 216 valence electrons. The average Bonchev–Trinajstić information content (AvgIpc) is 2.92. The summed E-state index contributed by atoms with van der Waals surface area (Å²) in [6.07, 6.45) is 0.874. The van der Waals surface area contributed by atoms with Crippen LogP contribution in [0.25, 0.3) is 0 Å². The van der Waals surface area contributed by atoms with Crippen molar-refractivity contribution in [2.45, 2.75) is 6.42 Å². The highest BCUT2D eigenvalue weighted by molar-refractivity contribution is 5.27. The third-order valence-electron chi connectivity index (χ3n) is 4.69. The van der Waals surface area contributed by atoms with Gasteiger partial charge in [-0.15, -0.1) is 0 Å². The second-order valence-electron chi connectivity index (χ2n) is 7.65. The van der Waals surface area contributed by atoms with E-state index in [-0.39, 0.29) is 6.61 Å². The van der Waals surface area contributed by atoms with Gasteiger partial charge in [-0.05, 0) is 30.7 Å². The first-order valence-electron chi connectivity index (χ1n) is 13.0. The maximum atomic E-state index is 8.56. The molecule has 0 saturated carbocycles. The zero-order valence-corrected chi connectivity index (χ0v) is 22.2. The first kappa shape index (κ1) is 33.6. The Morgan fingerprint density at radius 3 is 1.11 bits per heavy atom. The van der Waals surface area contributed by atoms with Crippen molar-refractivity contribution in [1.82, 2.24) is 0 Å². The van der Waals surface area contributed by atoms with Crippen LogP contribution in [0.1, 0.15) is 5.56 Å². The number of benzene rings is 1. The molecule has 1 rings (SSSR count). The van der Waals surface area contributed by atoms with Gasteiger partial charge in [-0.1, -0.05) is 12.1 Å². The summed E-state index contributed by atoms with van der Waals surface area (Å²) in [6.45, 7) is 9.13. The molecule has 0 fully saturated rings. The molecule has 1 aromatic rings. The van der Waals surface area contributed by atoms with E-state index in [1.807, 2.05) is 24.3 Å². The molecule has 11 heteroatoms. The molecule has 0 heterocycles. The Kier molecular flexibility index (Phi) is 25.1. The molecule has 0 aliphatic carbocycles. The molecule has 0 bridgehead atoms. The van der Waals surface area contributed by atoms with Gasteiger partial charge in [-0.2, -0.15) is 0 Å². The van der Waals surface area contributed by atoms with Gasteiger partial charge in [-0.3, -0.25) is 0 Å². The van der Waals surface area contributed by atoms with E-state index >= 15 is 0 Å². The second kappa shape index (κ2) is 27.6. The van der Waals surface area contributed by atoms with Crippen LogP contribution in [-0.4, -0.2) is 131 Å². The predicted octanol–water partition coefficient (Wildman–Crippen LogP) is 0.692. The monoisotopic (exact) mass is 533 g/mol. The van der Waals surface area contributed by atoms with Crippen molar-refractivity contribution in [2.24, 2.45) is 5.73 Å². The maximum Gasteiger partial charge on any atom is 0.119 e. The zero-order valence-electron chi connectivity index (χ0n) is 22.2. The van der Waals surface area contributed by atoms with E-state index in [0.717, 1.165) is 12.2 Å². The molecule has 0 unspecified atom stereocenters. The van der Waals surface area contributed by atoms with Gasteiger partial charge >= 0.3 is 0 Å². The maximum absolute atomic E-state index is 8.56. The van der Waals surface area contributed by atoms with Crippen molar-refractivity contribution >= 4 is 0 Å². The zero-order chi connectivity index (χ0) is 26.5. The van der Waals surface area contributed by atoms with Gasteiger partial charge in [0.05, 0.1) is 112 Å². The van der Waals surface area contributed by atoms with Crippen molar-refractivity contribution in [3.8, 4) is 5.75 Å². The van der Waals surface area contributed by atoms with Crippen LogP contribution in [0.5, 0.6) is 5.75 Å². The summed E-state index contributed by atoms with van der Waals surface area (Å²) >= 11 is 0. The topological polar surface area (TPSA) is 129 Å². The molecule has 37 heavy (non-hydrogen) atoms. The summed E-state index contributed by atoms with van der Waals surface area (Å²) in [5, 5.41) is 8.56. The van der Waals surface area contributed by atoms with Gasteiger partial charge in [-0.25, -0.2) is 0 Å². The number of ether oxygens (including phenoxy) is 9. The average molecular weight is 534 g/mol. The Bertz CT molecular complexity index is 579. The highest BCUT2D eigenvalue weighted by atomic mass is 16.6. The quantitative estimate of drug-likeness (QED) is 0.141. The standard InChI is InChI=1S/C26H47NO10/c27-6-5-25-1-3-26(4-2-25)37-24-23-36-22-21-35-20-19-34-18-17-33-16-15-32-14-13-31-12-11-30-10-9-29-8-7-28/h1-4,28H,5-24,27H2. The molecule has 0 spiro atoms. The minimum Gasteiger partial charge on any atom is -0.491 e. The smallest absolute Gasteiger partial charge is 0.119 e. The van der Waals surface area contributed by atoms with Gasteiger partial charge in [0.15, 0.2) is 0 Å². The number of aliphatic hydroxyl groups is 1. The van der Waals surface area contributed by atoms with Crippen LogP contribution in [0.3, 0.4) is 0 Å². The van der Waals surface area contributed by atoms with Crippen molar-refractivity contribution in [1.29, 1.82) is 0 Å². The van der Waals surface area contributed by atoms with E-state index in [1.54, 1.807) is 0 Å². The molecule has 0 radical (unpaired) electrons. The van der Waals surface area contributed by atoms with Crippen LogP contribution >= 0.6 is 0 Å². The molecular weight excluding hydrogens is 486 g/mol. The van der Waals surface area contributed by atoms with Crippen LogP contribution in [0, 0.1) is 0 Å². The highest BCUT2D eigenvalue weighted by Crippen LogP contribution is 2.12. The Balaban J connectivity index is 1.68. The fraction of sp³-hybridized carbons (Fsp3) is 0.769. The summed E-state index contributed by atoms with van der Waals surface area (Å²) in [6, 6.07) is 7.96. The molecule has 1 aromatic carbocycles. The lowest BCUT2D eigenvalue weighted by molar-refractivity contribution is -0.0242. The van der Waals surface area contributed by atoms with Crippen LogP contribution < -0.4 is 10.5 Å². The summed E-state index contributed by atoms with van der Waals surface area (Å²) in [5.41, 5.74) is 6.75. The predicted molar refractivity (Wildman–Crippen MR) is 138 cm³/mol. The summed E-state index contributed by atoms with van der Waals surface area (Å²) in [7, 11) is 0. The van der Waals surface area contributed by atoms with E-state index in [4.69, 9.17) is 53.5 Å². The van der Waals surface area contributed by atoms with Gasteiger partial charge in [0, 0.05) is 0 Å². The third kappa shape index (κ3) is 23.5. The number of hydrogen-bond donors (Lipinski definition) is 2. The number of aliphatic hydroxyl groups excluding tert-OH is 1. The number of rotatable bonds is 29. The minimum atomic E-state index is 0.0280. The summed E-state index contributed by atoms with van der Waals surface area (Å²) in [5.74, 6) is 0.829. The Hall–Kier alpha value is -1.38. The van der Waals surface area contributed by atoms with E-state index in [1.165, 1.54) is 5.56 Å². The lowest BCUT2D eigenvalue weighted by Gasteiger charge is -2.09. The molecule has 0 aliphatic rings. The van der Waals surface area contributed by atoms with E-state index in [9.17, 15) is 0 Å². The van der Waals surface area contributed by atoms with E-state index in [2.05, 4.69) is 0 Å². The Morgan fingerprint density at radius 2 is 0.784 bits per heavy atom. The molecule has 0 saturated heterocycles. The first-order chi connectivity index (χ1) is 18.4. The molecule has 3 N–H and O–H groups in total. The first-order valence-corrected chi connectivity index (χ1v) is 13.0. The van der Waals surface area contributed by atoms with E-state index in [0.29, 0.717) is 119 Å². The van der Waals surface area contributed by atoms with Crippen molar-refractivity contribution in [2.75, 3.05) is 125 Å². The molecule has 0 aliphatic heterocycles. The summed E-state index contributed by atoms with van der Waals surface area (Å²) in [4.78, 5) is 0. The van der Waals surface area contributed by atoms with Gasteiger partial charge in [0.2, 0.25) is 0 Å². The Morgan fingerprint density at radius 1 is 0.459 bits per heavy atom. The molecule has 0 amide bonds. The number of nitrogens with two attached hydrogens (primary N) is 1. The third-order valence-corrected chi connectivity index (χ3v) is 4.69. The van der Waals surface area contributed by atoms with Crippen LogP contribution in [0.15, 0.2) is 24.3 Å². The lowest BCUT2D eigenvalue weighted by atomic mass is 10.1. The second-order valence-corrected chi connectivity index (χ2v) is 7.65. The van der Waals surface area contributed by atoms with Crippen molar-refractivity contribution in [3.63, 3.8) is 0 Å². The van der Waals surface area contributed by atoms with Crippen molar-refractivity contribution < 1.29 is 47.7 Å². The fourth-order valence-electron chi connectivity index (χ4n) is 2.84. The Labute approximate surface area is 221 Å². The van der Waals surface area contributed by atoms with E-state index < -0.39 is 0 Å². The van der Waals surface area contributed by atoms with Gasteiger partial charge < -0.3 is 53.5 Å². The fourth-order valence-corrected chi connectivity index (χ4v) is 2.84. The van der Waals surface area contributed by atoms with Gasteiger partial charge in [0.25, 0.3) is 0 Å². The minimum absolute atomic E-state index is 0.0280. The molecular formula is C26H47NO10. The number of hydrogen-bond acceptors (Lipinski definition) is 11. The van der Waals surface area contributed by atoms with Crippen LogP contribution in [0.2, 0.25) is 0 Å². The molecule has 0 atom stereocenters. The van der Waals surface area contributed by atoms with Crippen LogP contribution in [0.4, 0.5) is 0 Å². The normalized spacial score (nSPS) is 11.3.